The van der Waals surface area contributed by atoms with E-state index < -0.39 is 6.10 Å². The predicted molar refractivity (Wildman–Crippen MR) is 56.8 cm³/mol. The van der Waals surface area contributed by atoms with Gasteiger partial charge >= 0.3 is 0 Å². The molecule has 0 aromatic carbocycles. The first-order chi connectivity index (χ1) is 6.13. The van der Waals surface area contributed by atoms with E-state index in [0.29, 0.717) is 13.0 Å². The van der Waals surface area contributed by atoms with Gasteiger partial charge in [0.1, 0.15) is 0 Å². The lowest BCUT2D eigenvalue weighted by molar-refractivity contribution is 0.113. The molecule has 0 radical (unpaired) electrons. The Morgan fingerprint density at radius 2 is 2.00 bits per heavy atom. The van der Waals surface area contributed by atoms with Crippen molar-refractivity contribution in [2.24, 2.45) is 0 Å². The lowest BCUT2D eigenvalue weighted by atomic mass is 10.2. The van der Waals surface area contributed by atoms with Crippen LogP contribution >= 0.6 is 12.6 Å². The molecule has 4 heteroatoms. The van der Waals surface area contributed by atoms with Crippen molar-refractivity contribution in [3.63, 3.8) is 0 Å². The summed E-state index contributed by atoms with van der Waals surface area (Å²) in [5, 5.41) is 17.7. The second kappa shape index (κ2) is 7.19. The lowest BCUT2D eigenvalue weighted by Gasteiger charge is -2.21. The zero-order valence-corrected chi connectivity index (χ0v) is 9.17. The van der Waals surface area contributed by atoms with Crippen molar-refractivity contribution in [3.05, 3.63) is 0 Å². The van der Waals surface area contributed by atoms with E-state index in [4.69, 9.17) is 5.26 Å². The Bertz CT molecular complexity index is 165. The zero-order valence-electron chi connectivity index (χ0n) is 8.27. The molecule has 1 N–H and O–H groups in total. The molecule has 0 saturated heterocycles. The third-order valence-electron chi connectivity index (χ3n) is 2.01. The smallest absolute Gasteiger partial charge is 0.0912 e. The summed E-state index contributed by atoms with van der Waals surface area (Å²) in [4.78, 5) is 2.13. The van der Waals surface area contributed by atoms with E-state index in [0.717, 1.165) is 13.1 Å². The Balaban J connectivity index is 3.73. The normalized spacial score (nSPS) is 15.4. The molecule has 0 aliphatic rings. The van der Waals surface area contributed by atoms with Crippen LogP contribution in [0.2, 0.25) is 0 Å². The summed E-state index contributed by atoms with van der Waals surface area (Å²) in [5.41, 5.74) is 0. The second-order valence-corrected chi connectivity index (χ2v) is 3.64. The fourth-order valence-electron chi connectivity index (χ4n) is 1.16. The molecule has 0 fully saturated rings. The maximum absolute atomic E-state index is 9.54. The number of thiol groups is 1. The summed E-state index contributed by atoms with van der Waals surface area (Å²) in [6.45, 7) is 6.60. The number of rotatable bonds is 6. The molecule has 0 aromatic rings. The van der Waals surface area contributed by atoms with Gasteiger partial charge in [-0.3, -0.25) is 0 Å². The highest BCUT2D eigenvalue weighted by molar-refractivity contribution is 7.81. The fourth-order valence-corrected chi connectivity index (χ4v) is 1.41. The van der Waals surface area contributed by atoms with Crippen LogP contribution in [-0.2, 0) is 0 Å². The predicted octanol–water partition coefficient (Wildman–Crippen LogP) is 0.901. The maximum Gasteiger partial charge on any atom is 0.0912 e. The van der Waals surface area contributed by atoms with Gasteiger partial charge in [0.2, 0.25) is 0 Å². The molecule has 0 rings (SSSR count). The molecular formula is C9H18N2OS. The number of nitrogens with zero attached hydrogens (tertiary/aromatic N) is 2. The van der Waals surface area contributed by atoms with Gasteiger partial charge < -0.3 is 10.0 Å². The van der Waals surface area contributed by atoms with Crippen LogP contribution in [0.25, 0.3) is 0 Å². The fraction of sp³-hybridized carbons (Fsp3) is 0.889. The van der Waals surface area contributed by atoms with Crippen molar-refractivity contribution in [1.82, 2.24) is 4.90 Å². The number of hydrogen-bond acceptors (Lipinski definition) is 4. The van der Waals surface area contributed by atoms with Crippen LogP contribution in [0.1, 0.15) is 20.3 Å². The third kappa shape index (κ3) is 5.92. The molecule has 76 valence electrons. The topological polar surface area (TPSA) is 47.3 Å². The van der Waals surface area contributed by atoms with Crippen molar-refractivity contribution in [2.45, 2.75) is 31.6 Å². The van der Waals surface area contributed by atoms with Crippen LogP contribution in [0.3, 0.4) is 0 Å². The highest BCUT2D eigenvalue weighted by Gasteiger charge is 2.12. The summed E-state index contributed by atoms with van der Waals surface area (Å²) < 4.78 is 0. The molecule has 2 atom stereocenters. The van der Waals surface area contributed by atoms with Crippen LogP contribution in [0.4, 0.5) is 0 Å². The number of hydrogen-bond donors (Lipinski definition) is 2. The van der Waals surface area contributed by atoms with Crippen molar-refractivity contribution < 1.29 is 5.11 Å². The van der Waals surface area contributed by atoms with Crippen LogP contribution in [0.5, 0.6) is 0 Å². The minimum absolute atomic E-state index is 0.356. The van der Waals surface area contributed by atoms with E-state index in [2.05, 4.69) is 31.4 Å². The molecule has 0 aromatic heterocycles. The molecule has 0 amide bonds. The second-order valence-electron chi connectivity index (χ2n) is 3.02. The van der Waals surface area contributed by atoms with Gasteiger partial charge in [-0.15, -0.1) is 0 Å². The molecule has 0 aliphatic carbocycles. The molecule has 0 bridgehead atoms. The van der Waals surface area contributed by atoms with Crippen LogP contribution in [0, 0.1) is 11.3 Å². The molecule has 13 heavy (non-hydrogen) atoms. The van der Waals surface area contributed by atoms with Gasteiger partial charge in [-0.05, 0) is 19.5 Å². The molecular weight excluding hydrogens is 184 g/mol. The maximum atomic E-state index is 9.54. The summed E-state index contributed by atoms with van der Waals surface area (Å²) in [6.07, 6.45) is -0.00196. The minimum Gasteiger partial charge on any atom is -0.392 e. The SMILES string of the molecule is CCN(CC)CC(O)CC(S)C#N. The van der Waals surface area contributed by atoms with Gasteiger partial charge in [-0.25, -0.2) is 0 Å². The van der Waals surface area contributed by atoms with E-state index in [9.17, 15) is 5.11 Å². The largest absolute Gasteiger partial charge is 0.392 e. The molecule has 0 aliphatic heterocycles. The summed E-state index contributed by atoms with van der Waals surface area (Å²) >= 11 is 4.01. The summed E-state index contributed by atoms with van der Waals surface area (Å²) in [5.74, 6) is 0. The Morgan fingerprint density at radius 3 is 2.38 bits per heavy atom. The Morgan fingerprint density at radius 1 is 1.46 bits per heavy atom. The summed E-state index contributed by atoms with van der Waals surface area (Å²) in [6, 6.07) is 1.99. The number of likely N-dealkylation sites (N-methyl/N-ethyl adjacent to an activating group) is 1. The van der Waals surface area contributed by atoms with Crippen LogP contribution in [0.15, 0.2) is 0 Å². The number of aliphatic hydroxyl groups is 1. The quantitative estimate of drug-likeness (QED) is 0.629. The standard InChI is InChI=1S/C9H18N2OS/c1-3-11(4-2)7-8(12)5-9(13)6-10/h8-9,12-13H,3-5,7H2,1-2H3. The molecule has 0 heterocycles. The van der Waals surface area contributed by atoms with Gasteiger partial charge in [0.05, 0.1) is 17.4 Å². The molecule has 3 nitrogen and oxygen atoms in total. The van der Waals surface area contributed by atoms with E-state index >= 15 is 0 Å². The van der Waals surface area contributed by atoms with Gasteiger partial charge in [-0.1, -0.05) is 13.8 Å². The van der Waals surface area contributed by atoms with E-state index in [1.54, 1.807) is 0 Å². The Labute approximate surface area is 85.8 Å². The van der Waals surface area contributed by atoms with Crippen molar-refractivity contribution in [2.75, 3.05) is 19.6 Å². The van der Waals surface area contributed by atoms with Crippen molar-refractivity contribution in [1.29, 1.82) is 5.26 Å². The molecule has 2 unspecified atom stereocenters. The minimum atomic E-state index is -0.443. The van der Waals surface area contributed by atoms with Crippen LogP contribution in [-0.4, -0.2) is 41.0 Å². The number of aliphatic hydroxyl groups excluding tert-OH is 1. The van der Waals surface area contributed by atoms with E-state index in [-0.39, 0.29) is 5.25 Å². The molecule has 0 spiro atoms. The Hall–Kier alpha value is -0.240. The first kappa shape index (κ1) is 12.8. The summed E-state index contributed by atoms with van der Waals surface area (Å²) in [7, 11) is 0. The van der Waals surface area contributed by atoms with Gasteiger partial charge in [0, 0.05) is 6.54 Å². The first-order valence-corrected chi connectivity index (χ1v) is 5.13. The van der Waals surface area contributed by atoms with Crippen molar-refractivity contribution >= 4 is 12.6 Å². The lowest BCUT2D eigenvalue weighted by Crippen LogP contribution is -2.33. The van der Waals surface area contributed by atoms with Gasteiger partial charge in [0.25, 0.3) is 0 Å². The Kier molecular flexibility index (Phi) is 7.06. The molecule has 0 saturated carbocycles. The average molecular weight is 202 g/mol. The average Bonchev–Trinajstić information content (AvgIpc) is 2.13. The van der Waals surface area contributed by atoms with E-state index in [1.807, 2.05) is 6.07 Å². The van der Waals surface area contributed by atoms with Crippen molar-refractivity contribution in [3.8, 4) is 6.07 Å². The monoisotopic (exact) mass is 202 g/mol. The zero-order chi connectivity index (χ0) is 10.3. The third-order valence-corrected chi connectivity index (χ3v) is 2.33. The van der Waals surface area contributed by atoms with E-state index in [1.165, 1.54) is 0 Å². The van der Waals surface area contributed by atoms with Gasteiger partial charge in [0.15, 0.2) is 0 Å². The highest BCUT2D eigenvalue weighted by atomic mass is 32.1. The van der Waals surface area contributed by atoms with Crippen LogP contribution < -0.4 is 0 Å². The first-order valence-electron chi connectivity index (χ1n) is 4.62. The highest BCUT2D eigenvalue weighted by Crippen LogP contribution is 2.05. The number of nitriles is 1. The van der Waals surface area contributed by atoms with Gasteiger partial charge in [-0.2, -0.15) is 17.9 Å².